The van der Waals surface area contributed by atoms with Gasteiger partial charge in [-0.05, 0) is 63.4 Å². The molecule has 3 saturated heterocycles. The zero-order chi connectivity index (χ0) is 32.6. The van der Waals surface area contributed by atoms with Crippen LogP contribution in [0.15, 0.2) is 43.5 Å². The summed E-state index contributed by atoms with van der Waals surface area (Å²) in [7, 11) is 2.10. The first kappa shape index (κ1) is 31.7. The smallest absolute Gasteiger partial charge is 0.319 e. The number of aromatic nitrogens is 2. The summed E-state index contributed by atoms with van der Waals surface area (Å²) in [6, 6.07) is 6.59. The molecule has 0 bridgehead atoms. The average Bonchev–Trinajstić information content (AvgIpc) is 3.04. The van der Waals surface area contributed by atoms with Gasteiger partial charge in [0, 0.05) is 78.4 Å². The maximum atomic E-state index is 12.1. The fraction of sp³-hybridized carbons (Fsp3) is 0.441. The van der Waals surface area contributed by atoms with Crippen molar-refractivity contribution in [3.05, 3.63) is 64.2 Å². The molecule has 242 valence electrons. The molecule has 1 aromatic heterocycles. The lowest BCUT2D eigenvalue weighted by molar-refractivity contribution is -0.384. The van der Waals surface area contributed by atoms with E-state index >= 15 is 0 Å². The summed E-state index contributed by atoms with van der Waals surface area (Å²) in [6.45, 7) is 14.7. The lowest BCUT2D eigenvalue weighted by atomic mass is 9.72. The van der Waals surface area contributed by atoms with Crippen LogP contribution in [0.5, 0.6) is 11.8 Å². The second kappa shape index (κ2) is 12.9. The van der Waals surface area contributed by atoms with Crippen LogP contribution in [-0.2, 0) is 4.79 Å². The molecule has 3 aliphatic heterocycles. The minimum absolute atomic E-state index is 0.0226. The van der Waals surface area contributed by atoms with Gasteiger partial charge >= 0.3 is 6.01 Å². The highest BCUT2D eigenvalue weighted by Crippen LogP contribution is 2.47. The van der Waals surface area contributed by atoms with Crippen molar-refractivity contribution in [2.24, 2.45) is 5.41 Å². The van der Waals surface area contributed by atoms with E-state index in [1.165, 1.54) is 24.3 Å². The summed E-state index contributed by atoms with van der Waals surface area (Å²) in [5, 5.41) is 12.8. The number of nitro groups is 1. The molecule has 0 unspecified atom stereocenters. The Morgan fingerprint density at radius 2 is 1.87 bits per heavy atom. The second-order valence-electron chi connectivity index (χ2n) is 12.5. The first-order valence-electron chi connectivity index (χ1n) is 15.7. The van der Waals surface area contributed by atoms with Crippen molar-refractivity contribution in [3.8, 4) is 22.9 Å². The molecule has 1 amide bonds. The molecule has 0 aliphatic carbocycles. The largest absolute Gasteiger partial charge is 0.491 e. The predicted octanol–water partition coefficient (Wildman–Crippen LogP) is 5.99. The van der Waals surface area contributed by atoms with Gasteiger partial charge in [0.1, 0.15) is 17.4 Å². The molecule has 0 radical (unpaired) electrons. The molecule has 4 heterocycles. The number of hydrogen-bond acceptors (Lipinski definition) is 9. The van der Waals surface area contributed by atoms with E-state index in [-0.39, 0.29) is 29.1 Å². The van der Waals surface area contributed by atoms with Crippen molar-refractivity contribution < 1.29 is 19.2 Å². The third kappa shape index (κ3) is 6.01. The SMILES string of the molecule is C=CC(=O)N1CC2(CCN(c3nc(OC4CCN(C)CC4)nc4c(OCC)c(-c5cc([N+](=O)[O-])ccc5Cl)c(C=C)cc34)CC2)C1. The minimum Gasteiger partial charge on any atom is -0.491 e. The number of carbonyl (C=O) groups excluding carboxylic acids is 1. The third-order valence-electron chi connectivity index (χ3n) is 9.47. The van der Waals surface area contributed by atoms with E-state index in [9.17, 15) is 14.9 Å². The number of nitro benzene ring substituents is 1. The van der Waals surface area contributed by atoms with Gasteiger partial charge in [0.2, 0.25) is 5.91 Å². The standard InChI is InChI=1S/C34H39ClN6O5/c1-5-22-18-26-30(31(45-7-3)29(22)25-19-23(41(43)44)8-9-27(25)35)36-33(46-24-10-14-38(4)15-11-24)37-32(26)39-16-12-34(13-17-39)20-40(21-34)28(42)6-2/h5-6,8-9,18-19,24H,1-2,7,10-17,20-21H2,3-4H3. The van der Waals surface area contributed by atoms with Crippen LogP contribution in [0.25, 0.3) is 28.1 Å². The molecule has 3 aromatic rings. The summed E-state index contributed by atoms with van der Waals surface area (Å²) in [5.74, 6) is 1.16. The Morgan fingerprint density at radius 1 is 1.15 bits per heavy atom. The van der Waals surface area contributed by atoms with Crippen LogP contribution >= 0.6 is 11.6 Å². The van der Waals surface area contributed by atoms with Crippen LogP contribution in [0.2, 0.25) is 5.02 Å². The molecule has 6 rings (SSSR count). The van der Waals surface area contributed by atoms with Crippen molar-refractivity contribution in [1.82, 2.24) is 19.8 Å². The monoisotopic (exact) mass is 646 g/mol. The normalized spacial score (nSPS) is 18.3. The number of anilines is 1. The van der Waals surface area contributed by atoms with E-state index in [1.807, 2.05) is 17.9 Å². The topological polar surface area (TPSA) is 114 Å². The highest BCUT2D eigenvalue weighted by molar-refractivity contribution is 6.33. The van der Waals surface area contributed by atoms with Crippen LogP contribution in [0, 0.1) is 15.5 Å². The molecule has 46 heavy (non-hydrogen) atoms. The molecule has 3 fully saturated rings. The van der Waals surface area contributed by atoms with Crippen molar-refractivity contribution >= 4 is 46.0 Å². The number of piperidine rings is 2. The minimum atomic E-state index is -0.444. The molecule has 2 aromatic carbocycles. The van der Waals surface area contributed by atoms with Crippen molar-refractivity contribution in [1.29, 1.82) is 0 Å². The molecule has 11 nitrogen and oxygen atoms in total. The first-order chi connectivity index (χ1) is 22.1. The second-order valence-corrected chi connectivity index (χ2v) is 12.9. The molecular formula is C34H39ClN6O5. The number of ether oxygens (including phenoxy) is 2. The Morgan fingerprint density at radius 3 is 2.50 bits per heavy atom. The number of benzene rings is 2. The Bertz CT molecular complexity index is 1690. The first-order valence-corrected chi connectivity index (χ1v) is 16.1. The summed E-state index contributed by atoms with van der Waals surface area (Å²) >= 11 is 6.69. The number of fused-ring (bicyclic) bond motifs is 1. The maximum absolute atomic E-state index is 12.1. The van der Waals surface area contributed by atoms with Crippen molar-refractivity contribution in [2.75, 3.05) is 57.8 Å². The number of carbonyl (C=O) groups is 1. The average molecular weight is 647 g/mol. The molecule has 3 aliphatic rings. The van der Waals surface area contributed by atoms with E-state index in [0.717, 1.165) is 76.2 Å². The quantitative estimate of drug-likeness (QED) is 0.157. The number of rotatable bonds is 9. The lowest BCUT2D eigenvalue weighted by Crippen LogP contribution is -2.61. The van der Waals surface area contributed by atoms with Crippen LogP contribution in [0.4, 0.5) is 11.5 Å². The summed E-state index contributed by atoms with van der Waals surface area (Å²) in [6.07, 6.45) is 6.61. The highest BCUT2D eigenvalue weighted by Gasteiger charge is 2.46. The van der Waals surface area contributed by atoms with Crippen LogP contribution < -0.4 is 14.4 Å². The number of halogens is 1. The van der Waals surface area contributed by atoms with E-state index in [1.54, 1.807) is 6.08 Å². The van der Waals surface area contributed by atoms with Gasteiger partial charge in [0.25, 0.3) is 5.69 Å². The number of amides is 1. The van der Waals surface area contributed by atoms with Gasteiger partial charge < -0.3 is 24.2 Å². The summed E-state index contributed by atoms with van der Waals surface area (Å²) < 4.78 is 12.8. The Labute approximate surface area is 273 Å². The van der Waals surface area contributed by atoms with Crippen molar-refractivity contribution in [3.63, 3.8) is 0 Å². The number of likely N-dealkylation sites (tertiary alicyclic amines) is 2. The van der Waals surface area contributed by atoms with Gasteiger partial charge in [0.05, 0.1) is 11.5 Å². The van der Waals surface area contributed by atoms with Crippen LogP contribution in [0.1, 0.15) is 38.2 Å². The van der Waals surface area contributed by atoms with Gasteiger partial charge in [-0.15, -0.1) is 0 Å². The van der Waals surface area contributed by atoms with E-state index in [2.05, 4.69) is 30.0 Å². The van der Waals surface area contributed by atoms with Gasteiger partial charge in [-0.3, -0.25) is 14.9 Å². The van der Waals surface area contributed by atoms with Gasteiger partial charge in [-0.25, -0.2) is 0 Å². The van der Waals surface area contributed by atoms with Crippen molar-refractivity contribution in [2.45, 2.75) is 38.7 Å². The molecule has 0 atom stereocenters. The Balaban J connectivity index is 1.46. The van der Waals surface area contributed by atoms with E-state index in [0.29, 0.717) is 39.6 Å². The fourth-order valence-electron chi connectivity index (χ4n) is 6.87. The Hall–Kier alpha value is -4.22. The molecular weight excluding hydrogens is 608 g/mol. The zero-order valence-electron chi connectivity index (χ0n) is 26.3. The number of nitrogens with zero attached hydrogens (tertiary/aromatic N) is 6. The molecule has 1 spiro atoms. The summed E-state index contributed by atoms with van der Waals surface area (Å²) in [4.78, 5) is 39.8. The third-order valence-corrected chi connectivity index (χ3v) is 9.80. The maximum Gasteiger partial charge on any atom is 0.319 e. The number of non-ortho nitro benzene ring substituents is 1. The molecule has 12 heteroatoms. The van der Waals surface area contributed by atoms with Gasteiger partial charge in [-0.2, -0.15) is 9.97 Å². The Kier molecular flexibility index (Phi) is 8.89. The molecule has 0 saturated carbocycles. The zero-order valence-corrected chi connectivity index (χ0v) is 27.1. The predicted molar refractivity (Wildman–Crippen MR) is 180 cm³/mol. The molecule has 0 N–H and O–H groups in total. The van der Waals surface area contributed by atoms with E-state index < -0.39 is 4.92 Å². The number of hydrogen-bond donors (Lipinski definition) is 0. The van der Waals surface area contributed by atoms with Gasteiger partial charge in [-0.1, -0.05) is 30.8 Å². The van der Waals surface area contributed by atoms with Gasteiger partial charge in [0.15, 0.2) is 5.75 Å². The highest BCUT2D eigenvalue weighted by atomic mass is 35.5. The van der Waals surface area contributed by atoms with Crippen LogP contribution in [0.3, 0.4) is 0 Å². The lowest BCUT2D eigenvalue weighted by Gasteiger charge is -2.54. The fourth-order valence-corrected chi connectivity index (χ4v) is 7.08. The van der Waals surface area contributed by atoms with E-state index in [4.69, 9.17) is 31.0 Å². The van der Waals surface area contributed by atoms with Crippen LogP contribution in [-0.4, -0.2) is 89.6 Å². The summed E-state index contributed by atoms with van der Waals surface area (Å²) in [5.41, 5.74) is 2.28.